The van der Waals surface area contributed by atoms with Crippen molar-refractivity contribution < 1.29 is 4.42 Å². The highest BCUT2D eigenvalue weighted by Crippen LogP contribution is 2.37. The van der Waals surface area contributed by atoms with Crippen LogP contribution < -0.4 is 5.73 Å². The van der Waals surface area contributed by atoms with E-state index in [4.69, 9.17) is 10.2 Å². The van der Waals surface area contributed by atoms with E-state index in [-0.39, 0.29) is 0 Å². The molecule has 1 aliphatic heterocycles. The fraction of sp³-hybridized carbons (Fsp3) is 0.471. The van der Waals surface area contributed by atoms with Crippen molar-refractivity contribution in [3.05, 3.63) is 42.4 Å². The number of hydrogen-bond acceptors (Lipinski definition) is 4. The summed E-state index contributed by atoms with van der Waals surface area (Å²) in [6.07, 6.45) is 4.30. The van der Waals surface area contributed by atoms with Crippen LogP contribution in [-0.2, 0) is 6.54 Å². The Labute approximate surface area is 125 Å². The van der Waals surface area contributed by atoms with Gasteiger partial charge in [-0.1, -0.05) is 30.3 Å². The molecule has 0 spiro atoms. The molecule has 2 aliphatic rings. The molecule has 3 atom stereocenters. The molecule has 0 bridgehead atoms. The molecule has 2 heterocycles. The Balaban J connectivity index is 1.44. The van der Waals surface area contributed by atoms with Gasteiger partial charge in [-0.05, 0) is 24.7 Å². The van der Waals surface area contributed by atoms with Crippen LogP contribution in [0.1, 0.15) is 18.7 Å². The lowest BCUT2D eigenvalue weighted by molar-refractivity contribution is 0.268. The summed E-state index contributed by atoms with van der Waals surface area (Å²) in [6.45, 7) is 3.03. The second kappa shape index (κ2) is 5.28. The number of fused-ring (bicyclic) bond motifs is 1. The summed E-state index contributed by atoms with van der Waals surface area (Å²) >= 11 is 0. The molecule has 1 aliphatic carbocycles. The van der Waals surface area contributed by atoms with Crippen LogP contribution in [0.25, 0.3) is 11.3 Å². The maximum absolute atomic E-state index is 6.19. The fourth-order valence-electron chi connectivity index (χ4n) is 3.84. The van der Waals surface area contributed by atoms with Crippen LogP contribution in [0, 0.1) is 11.8 Å². The van der Waals surface area contributed by atoms with Gasteiger partial charge in [-0.15, -0.1) is 0 Å². The van der Waals surface area contributed by atoms with E-state index in [2.05, 4.69) is 9.88 Å². The van der Waals surface area contributed by atoms with Gasteiger partial charge in [-0.2, -0.15) is 0 Å². The highest BCUT2D eigenvalue weighted by molar-refractivity contribution is 5.55. The first-order valence-electron chi connectivity index (χ1n) is 7.77. The van der Waals surface area contributed by atoms with Crippen molar-refractivity contribution in [1.82, 2.24) is 9.88 Å². The molecular formula is C17H21N3O. The van der Waals surface area contributed by atoms with Crippen LogP contribution in [0.15, 0.2) is 40.9 Å². The minimum absolute atomic E-state index is 0.393. The van der Waals surface area contributed by atoms with Crippen molar-refractivity contribution in [3.63, 3.8) is 0 Å². The van der Waals surface area contributed by atoms with Crippen LogP contribution >= 0.6 is 0 Å². The number of benzene rings is 1. The number of rotatable bonds is 3. The highest BCUT2D eigenvalue weighted by Gasteiger charge is 2.41. The van der Waals surface area contributed by atoms with Gasteiger partial charge in [0.2, 0.25) is 5.89 Å². The number of hydrogen-bond donors (Lipinski definition) is 1. The third-order valence-corrected chi connectivity index (χ3v) is 4.96. The van der Waals surface area contributed by atoms with E-state index in [0.717, 1.165) is 42.8 Å². The summed E-state index contributed by atoms with van der Waals surface area (Å²) in [7, 11) is 0. The van der Waals surface area contributed by atoms with Crippen LogP contribution in [0.4, 0.5) is 0 Å². The van der Waals surface area contributed by atoms with Gasteiger partial charge in [0, 0.05) is 24.7 Å². The smallest absolute Gasteiger partial charge is 0.209 e. The maximum Gasteiger partial charge on any atom is 0.209 e. The Bertz CT molecular complexity index is 610. The zero-order valence-corrected chi connectivity index (χ0v) is 12.1. The molecule has 21 heavy (non-hydrogen) atoms. The first-order chi connectivity index (χ1) is 10.3. The summed E-state index contributed by atoms with van der Waals surface area (Å²) in [5.41, 5.74) is 7.27. The van der Waals surface area contributed by atoms with E-state index in [9.17, 15) is 0 Å². The standard InChI is InChI=1S/C17H21N3O/c18-15-7-6-13-9-20(10-14(13)15)11-17-19-8-16(21-17)12-4-2-1-3-5-12/h1-5,8,13-15H,6-7,9-11,18H2. The molecule has 1 saturated carbocycles. The molecule has 0 amide bonds. The zero-order chi connectivity index (χ0) is 14.2. The van der Waals surface area contributed by atoms with E-state index in [0.29, 0.717) is 12.0 Å². The monoisotopic (exact) mass is 283 g/mol. The molecule has 1 aromatic carbocycles. The van der Waals surface area contributed by atoms with Crippen molar-refractivity contribution in [1.29, 1.82) is 0 Å². The minimum atomic E-state index is 0.393. The lowest BCUT2D eigenvalue weighted by Gasteiger charge is -2.16. The van der Waals surface area contributed by atoms with Gasteiger partial charge in [-0.3, -0.25) is 4.90 Å². The number of aromatic nitrogens is 1. The quantitative estimate of drug-likeness (QED) is 0.940. The molecule has 1 aromatic heterocycles. The van der Waals surface area contributed by atoms with Gasteiger partial charge >= 0.3 is 0 Å². The van der Waals surface area contributed by atoms with Gasteiger partial charge in [0.1, 0.15) is 0 Å². The molecule has 110 valence electrons. The Hall–Kier alpha value is -1.65. The molecule has 1 saturated heterocycles. The van der Waals surface area contributed by atoms with Crippen molar-refractivity contribution in [2.45, 2.75) is 25.4 Å². The van der Waals surface area contributed by atoms with Crippen LogP contribution in [0.2, 0.25) is 0 Å². The maximum atomic E-state index is 6.19. The second-order valence-corrected chi connectivity index (χ2v) is 6.34. The minimum Gasteiger partial charge on any atom is -0.439 e. The van der Waals surface area contributed by atoms with Gasteiger partial charge in [0.25, 0.3) is 0 Å². The molecule has 3 unspecified atom stereocenters. The Morgan fingerprint density at radius 3 is 2.86 bits per heavy atom. The average Bonchev–Trinajstić information content (AvgIpc) is 3.19. The zero-order valence-electron chi connectivity index (χ0n) is 12.1. The largest absolute Gasteiger partial charge is 0.439 e. The predicted octanol–water partition coefficient (Wildman–Crippen LogP) is 2.51. The van der Waals surface area contributed by atoms with Crippen molar-refractivity contribution in [2.24, 2.45) is 17.6 Å². The fourth-order valence-corrected chi connectivity index (χ4v) is 3.84. The van der Waals surface area contributed by atoms with Crippen molar-refractivity contribution in [2.75, 3.05) is 13.1 Å². The van der Waals surface area contributed by atoms with Crippen molar-refractivity contribution in [3.8, 4) is 11.3 Å². The summed E-state index contributed by atoms with van der Waals surface area (Å²) in [5, 5.41) is 0. The Morgan fingerprint density at radius 1 is 1.19 bits per heavy atom. The molecular weight excluding hydrogens is 262 g/mol. The average molecular weight is 283 g/mol. The molecule has 2 N–H and O–H groups in total. The first kappa shape index (κ1) is 13.0. The summed E-state index contributed by atoms with van der Waals surface area (Å²) < 4.78 is 5.90. The number of nitrogens with two attached hydrogens (primary N) is 1. The second-order valence-electron chi connectivity index (χ2n) is 6.34. The summed E-state index contributed by atoms with van der Waals surface area (Å²) in [5.74, 6) is 3.11. The third-order valence-electron chi connectivity index (χ3n) is 4.96. The molecule has 2 fully saturated rings. The van der Waals surface area contributed by atoms with E-state index in [1.54, 1.807) is 0 Å². The number of likely N-dealkylation sites (tertiary alicyclic amines) is 1. The predicted molar refractivity (Wildman–Crippen MR) is 81.4 cm³/mol. The van der Waals surface area contributed by atoms with Gasteiger partial charge in [0.05, 0.1) is 12.7 Å². The van der Waals surface area contributed by atoms with Crippen molar-refractivity contribution >= 4 is 0 Å². The lowest BCUT2D eigenvalue weighted by atomic mass is 9.98. The van der Waals surface area contributed by atoms with Gasteiger partial charge in [0.15, 0.2) is 5.76 Å². The van der Waals surface area contributed by atoms with E-state index < -0.39 is 0 Å². The van der Waals surface area contributed by atoms with Crippen LogP contribution in [0.3, 0.4) is 0 Å². The molecule has 4 rings (SSSR count). The normalized spacial score (nSPS) is 28.9. The molecule has 4 heteroatoms. The first-order valence-corrected chi connectivity index (χ1v) is 7.77. The molecule has 4 nitrogen and oxygen atoms in total. The topological polar surface area (TPSA) is 55.3 Å². The Kier molecular flexibility index (Phi) is 3.28. The number of nitrogens with zero attached hydrogens (tertiary/aromatic N) is 2. The van der Waals surface area contributed by atoms with Gasteiger partial charge < -0.3 is 10.2 Å². The summed E-state index contributed by atoms with van der Waals surface area (Å²) in [6, 6.07) is 10.5. The van der Waals surface area contributed by atoms with Crippen LogP contribution in [-0.4, -0.2) is 29.0 Å². The van der Waals surface area contributed by atoms with E-state index in [1.807, 2.05) is 36.5 Å². The van der Waals surface area contributed by atoms with E-state index in [1.165, 1.54) is 12.8 Å². The molecule has 2 aromatic rings. The van der Waals surface area contributed by atoms with E-state index >= 15 is 0 Å². The Morgan fingerprint density at radius 2 is 2.05 bits per heavy atom. The third kappa shape index (κ3) is 2.49. The highest BCUT2D eigenvalue weighted by atomic mass is 16.4. The number of oxazole rings is 1. The SMILES string of the molecule is NC1CCC2CN(Cc3ncc(-c4ccccc4)o3)CC12. The lowest BCUT2D eigenvalue weighted by Crippen LogP contribution is -2.30. The van der Waals surface area contributed by atoms with Crippen LogP contribution in [0.5, 0.6) is 0 Å². The van der Waals surface area contributed by atoms with Gasteiger partial charge in [-0.25, -0.2) is 4.98 Å². The summed E-state index contributed by atoms with van der Waals surface area (Å²) in [4.78, 5) is 6.87. The molecule has 0 radical (unpaired) electrons.